The van der Waals surface area contributed by atoms with Crippen molar-refractivity contribution in [3.8, 4) is 0 Å². The number of hydrogen-bond acceptors (Lipinski definition) is 3. The Morgan fingerprint density at radius 2 is 1.79 bits per heavy atom. The maximum atomic E-state index is 13.4. The van der Waals surface area contributed by atoms with Gasteiger partial charge >= 0.3 is 6.18 Å². The number of nitrogens with zero attached hydrogens (tertiary/aromatic N) is 1. The van der Waals surface area contributed by atoms with Gasteiger partial charge in [0.2, 0.25) is 17.7 Å². The maximum Gasteiger partial charge on any atom is 0.416 e. The van der Waals surface area contributed by atoms with Crippen LogP contribution in [0.3, 0.4) is 0 Å². The Morgan fingerprint density at radius 3 is 2.43 bits per heavy atom. The quantitative estimate of drug-likeness (QED) is 0.619. The number of carbonyl (C=O) groups excluding carboxylic acids is 3. The van der Waals surface area contributed by atoms with Crippen molar-refractivity contribution in [1.82, 2.24) is 10.2 Å². The first-order chi connectivity index (χ1) is 13.2. The van der Waals surface area contributed by atoms with Gasteiger partial charge in [-0.3, -0.25) is 19.7 Å². The van der Waals surface area contributed by atoms with Crippen molar-refractivity contribution in [2.75, 3.05) is 0 Å². The lowest BCUT2D eigenvalue weighted by atomic mass is 9.89. The molecule has 1 aromatic carbocycles. The second kappa shape index (κ2) is 6.90. The number of halogens is 3. The van der Waals surface area contributed by atoms with E-state index in [-0.39, 0.29) is 31.8 Å². The number of nitrogens with one attached hydrogen (secondary N) is 1. The number of imide groups is 1. The smallest absolute Gasteiger partial charge is 0.333 e. The average molecular weight is 394 g/mol. The summed E-state index contributed by atoms with van der Waals surface area (Å²) in [5.74, 6) is -2.32. The van der Waals surface area contributed by atoms with Gasteiger partial charge in [0.1, 0.15) is 5.92 Å². The Labute approximate surface area is 160 Å². The molecule has 3 aliphatic rings. The third-order valence-electron chi connectivity index (χ3n) is 6.06. The third kappa shape index (κ3) is 3.40. The van der Waals surface area contributed by atoms with Crippen LogP contribution in [0.2, 0.25) is 0 Å². The molecule has 1 saturated carbocycles. The Hall–Kier alpha value is -2.38. The minimum absolute atomic E-state index is 0.0650. The van der Waals surface area contributed by atoms with Gasteiger partial charge in [-0.2, -0.15) is 13.2 Å². The van der Waals surface area contributed by atoms with Crippen molar-refractivity contribution in [2.24, 2.45) is 5.92 Å². The number of fused-ring (bicyclic) bond motifs is 1. The van der Waals surface area contributed by atoms with E-state index in [1.54, 1.807) is 0 Å². The fourth-order valence-electron chi connectivity index (χ4n) is 4.61. The van der Waals surface area contributed by atoms with Crippen LogP contribution >= 0.6 is 0 Å². The Balaban J connectivity index is 1.63. The minimum atomic E-state index is -4.44. The zero-order valence-electron chi connectivity index (χ0n) is 15.3. The second-order valence-corrected chi connectivity index (χ2v) is 7.88. The Morgan fingerprint density at radius 1 is 1.07 bits per heavy atom. The van der Waals surface area contributed by atoms with Crippen LogP contribution in [-0.2, 0) is 33.6 Å². The molecule has 1 N–H and O–H groups in total. The van der Waals surface area contributed by atoms with E-state index in [9.17, 15) is 27.6 Å². The van der Waals surface area contributed by atoms with Crippen LogP contribution in [0.1, 0.15) is 66.7 Å². The summed E-state index contributed by atoms with van der Waals surface area (Å²) >= 11 is 0. The van der Waals surface area contributed by atoms with Gasteiger partial charge in [0.05, 0.1) is 5.56 Å². The molecule has 2 fully saturated rings. The molecule has 28 heavy (non-hydrogen) atoms. The highest BCUT2D eigenvalue weighted by atomic mass is 19.4. The summed E-state index contributed by atoms with van der Waals surface area (Å²) in [6.45, 7) is 0.283. The lowest BCUT2D eigenvalue weighted by molar-refractivity contribution is -0.146. The van der Waals surface area contributed by atoms with E-state index in [4.69, 9.17) is 0 Å². The molecule has 150 valence electrons. The predicted molar refractivity (Wildman–Crippen MR) is 92.8 cm³/mol. The van der Waals surface area contributed by atoms with Gasteiger partial charge in [-0.25, -0.2) is 0 Å². The summed E-state index contributed by atoms with van der Waals surface area (Å²) in [5.41, 5.74) is 1.32. The topological polar surface area (TPSA) is 66.5 Å². The molecule has 0 radical (unpaired) electrons. The molecule has 4 rings (SSSR count). The Kier molecular flexibility index (Phi) is 4.67. The molecule has 1 atom stereocenters. The van der Waals surface area contributed by atoms with E-state index >= 15 is 0 Å². The first kappa shape index (κ1) is 19.0. The normalized spacial score (nSPS) is 23.1. The van der Waals surface area contributed by atoms with Crippen molar-refractivity contribution in [2.45, 2.75) is 63.7 Å². The van der Waals surface area contributed by atoms with Gasteiger partial charge in [-0.1, -0.05) is 12.8 Å². The molecule has 0 aromatic heterocycles. The van der Waals surface area contributed by atoms with Gasteiger partial charge in [-0.05, 0) is 54.0 Å². The highest BCUT2D eigenvalue weighted by molar-refractivity contribution is 6.08. The summed E-state index contributed by atoms with van der Waals surface area (Å²) in [6.07, 6.45) is -0.509. The minimum Gasteiger partial charge on any atom is -0.333 e. The number of benzene rings is 1. The molecule has 0 bridgehead atoms. The fourth-order valence-corrected chi connectivity index (χ4v) is 4.61. The standard InChI is InChI=1S/C20H21F3N2O3/c21-20(22,23)13-7-12-9-25(19(28)14-5-6-17(26)24-18(14)27)10-16(12)15(8-13)11-3-1-2-4-11/h7-8,11,14H,1-6,9-10H2,(H,24,26,27). The van der Waals surface area contributed by atoms with Crippen molar-refractivity contribution in [1.29, 1.82) is 0 Å². The van der Waals surface area contributed by atoms with Crippen LogP contribution < -0.4 is 5.32 Å². The summed E-state index contributed by atoms with van der Waals surface area (Å²) < 4.78 is 40.2. The van der Waals surface area contributed by atoms with E-state index in [1.807, 2.05) is 0 Å². The van der Waals surface area contributed by atoms with E-state index in [0.29, 0.717) is 11.1 Å². The van der Waals surface area contributed by atoms with E-state index in [2.05, 4.69) is 5.32 Å². The molecule has 0 spiro atoms. The summed E-state index contributed by atoms with van der Waals surface area (Å²) in [5, 5.41) is 2.17. The van der Waals surface area contributed by atoms with Gasteiger partial charge in [-0.15, -0.1) is 0 Å². The number of amides is 3. The fraction of sp³-hybridized carbons (Fsp3) is 0.550. The van der Waals surface area contributed by atoms with Crippen LogP contribution in [-0.4, -0.2) is 22.6 Å². The zero-order chi connectivity index (χ0) is 20.1. The molecular formula is C20H21F3N2O3. The van der Waals surface area contributed by atoms with Crippen LogP contribution in [0.25, 0.3) is 0 Å². The number of rotatable bonds is 2. The van der Waals surface area contributed by atoms with Crippen molar-refractivity contribution >= 4 is 17.7 Å². The number of piperidine rings is 1. The molecule has 2 aliphatic heterocycles. The van der Waals surface area contributed by atoms with E-state index < -0.39 is 35.4 Å². The largest absolute Gasteiger partial charge is 0.416 e. The van der Waals surface area contributed by atoms with Crippen LogP contribution in [0, 0.1) is 5.92 Å². The molecule has 1 unspecified atom stereocenters. The molecular weight excluding hydrogens is 373 g/mol. The number of hydrogen-bond donors (Lipinski definition) is 1. The molecule has 1 saturated heterocycles. The number of carbonyl (C=O) groups is 3. The van der Waals surface area contributed by atoms with Crippen LogP contribution in [0.4, 0.5) is 13.2 Å². The molecule has 1 aliphatic carbocycles. The molecule has 5 nitrogen and oxygen atoms in total. The van der Waals surface area contributed by atoms with Gasteiger partial charge in [0, 0.05) is 19.5 Å². The average Bonchev–Trinajstić information content (AvgIpc) is 3.29. The molecule has 2 heterocycles. The van der Waals surface area contributed by atoms with Crippen LogP contribution in [0.5, 0.6) is 0 Å². The lowest BCUT2D eigenvalue weighted by Crippen LogP contribution is -2.47. The van der Waals surface area contributed by atoms with Crippen molar-refractivity contribution in [3.05, 3.63) is 34.4 Å². The highest BCUT2D eigenvalue weighted by Gasteiger charge is 2.40. The van der Waals surface area contributed by atoms with Gasteiger partial charge in [0.25, 0.3) is 0 Å². The SMILES string of the molecule is O=C1CCC(C(=O)N2Cc3cc(C(F)(F)F)cc(C4CCCC4)c3C2)C(=O)N1. The van der Waals surface area contributed by atoms with E-state index in [1.165, 1.54) is 11.0 Å². The van der Waals surface area contributed by atoms with Crippen molar-refractivity contribution in [3.63, 3.8) is 0 Å². The predicted octanol–water partition coefficient (Wildman–Crippen LogP) is 3.26. The Bertz CT molecular complexity index is 844. The second-order valence-electron chi connectivity index (χ2n) is 7.88. The van der Waals surface area contributed by atoms with Gasteiger partial charge < -0.3 is 4.90 Å². The third-order valence-corrected chi connectivity index (χ3v) is 6.06. The summed E-state index contributed by atoms with van der Waals surface area (Å²) in [4.78, 5) is 37.6. The zero-order valence-corrected chi connectivity index (χ0v) is 15.3. The monoisotopic (exact) mass is 394 g/mol. The highest BCUT2D eigenvalue weighted by Crippen LogP contribution is 2.43. The molecule has 8 heteroatoms. The van der Waals surface area contributed by atoms with E-state index in [0.717, 1.165) is 37.3 Å². The van der Waals surface area contributed by atoms with Crippen molar-refractivity contribution < 1.29 is 27.6 Å². The number of alkyl halides is 3. The summed E-state index contributed by atoms with van der Waals surface area (Å²) in [7, 11) is 0. The summed E-state index contributed by atoms with van der Waals surface area (Å²) in [6, 6.07) is 2.38. The lowest BCUT2D eigenvalue weighted by Gasteiger charge is -2.25. The van der Waals surface area contributed by atoms with Crippen LogP contribution in [0.15, 0.2) is 12.1 Å². The first-order valence-electron chi connectivity index (χ1n) is 9.59. The molecule has 1 aromatic rings. The maximum absolute atomic E-state index is 13.4. The molecule has 3 amide bonds. The van der Waals surface area contributed by atoms with Gasteiger partial charge in [0.15, 0.2) is 0 Å². The first-order valence-corrected chi connectivity index (χ1v) is 9.59.